The summed E-state index contributed by atoms with van der Waals surface area (Å²) < 4.78 is 118. The van der Waals surface area contributed by atoms with Crippen LogP contribution in [0.15, 0.2) is 82.7 Å². The predicted molar refractivity (Wildman–Crippen MR) is 155 cm³/mol. The van der Waals surface area contributed by atoms with Crippen LogP contribution in [0.5, 0.6) is 5.75 Å². The lowest BCUT2D eigenvalue weighted by molar-refractivity contribution is -0.143. The monoisotopic (exact) mass is 672 g/mol. The van der Waals surface area contributed by atoms with E-state index >= 15 is 0 Å². The fourth-order valence-electron chi connectivity index (χ4n) is 4.74. The number of carbonyl (C=O) groups excluding carboxylic acids is 1. The van der Waals surface area contributed by atoms with Crippen molar-refractivity contribution in [3.05, 3.63) is 95.1 Å². The summed E-state index contributed by atoms with van der Waals surface area (Å²) >= 11 is 0. The topological polar surface area (TPSA) is 114 Å². The van der Waals surface area contributed by atoms with E-state index in [1.165, 1.54) is 31.2 Å². The molecule has 3 aromatic rings. The molecule has 46 heavy (non-hydrogen) atoms. The van der Waals surface area contributed by atoms with Crippen LogP contribution in [0.2, 0.25) is 0 Å². The highest BCUT2D eigenvalue weighted by Crippen LogP contribution is 2.37. The number of rotatable bonds is 12. The Bertz CT molecular complexity index is 1630. The lowest BCUT2D eigenvalue weighted by atomic mass is 9.90. The van der Waals surface area contributed by atoms with E-state index in [1.54, 1.807) is 30.3 Å². The first kappa shape index (κ1) is 34.8. The quantitative estimate of drug-likeness (QED) is 0.192. The van der Waals surface area contributed by atoms with Gasteiger partial charge in [-0.1, -0.05) is 18.2 Å². The maximum absolute atomic E-state index is 13.8. The molecule has 1 aliphatic heterocycles. The summed E-state index contributed by atoms with van der Waals surface area (Å²) in [6, 6.07) is 14.7. The van der Waals surface area contributed by atoms with Gasteiger partial charge >= 0.3 is 12.4 Å². The van der Waals surface area contributed by atoms with E-state index in [0.717, 1.165) is 0 Å². The molecule has 1 heterocycles. The molecule has 3 aromatic carbocycles. The molecular formula is C31H30F6N2O6S. The van der Waals surface area contributed by atoms with Crippen molar-refractivity contribution < 1.29 is 54.1 Å². The minimum atomic E-state index is -5.08. The summed E-state index contributed by atoms with van der Waals surface area (Å²) in [6.45, 7) is 0.932. The lowest BCUT2D eigenvalue weighted by Gasteiger charge is -2.28. The summed E-state index contributed by atoms with van der Waals surface area (Å²) in [7, 11) is -3.94. The van der Waals surface area contributed by atoms with Gasteiger partial charge in [-0.25, -0.2) is 13.4 Å². The molecule has 1 aliphatic rings. The number of nitrogens with one attached hydrogen (secondary N) is 1. The van der Waals surface area contributed by atoms with Gasteiger partial charge < -0.3 is 19.9 Å². The standard InChI is InChI=1S/C31H30F6N2O6S/c1-20-29(12-15-46(42,43)26-6-3-2-4-7-26,39-27(45-20)22-8-10-25(11-9-22)44-14-5-13-40)28(41)38-19-21-16-23(30(32,33)34)18-24(17-21)31(35,36)37/h2-4,6-11,16-18,20,40H,5,12-15,19H2,1H3,(H,38,41)/t20-,29-/m1/s1. The molecule has 2 atom stereocenters. The van der Waals surface area contributed by atoms with Crippen molar-refractivity contribution in [3.8, 4) is 5.75 Å². The highest BCUT2D eigenvalue weighted by molar-refractivity contribution is 7.91. The van der Waals surface area contributed by atoms with Crippen LogP contribution in [0.4, 0.5) is 26.3 Å². The Hall–Kier alpha value is -4.11. The predicted octanol–water partition coefficient (Wildman–Crippen LogP) is 5.57. The number of carbonyl (C=O) groups is 1. The van der Waals surface area contributed by atoms with Crippen molar-refractivity contribution in [1.29, 1.82) is 0 Å². The number of aliphatic hydroxyl groups excluding tert-OH is 1. The maximum Gasteiger partial charge on any atom is 0.416 e. The van der Waals surface area contributed by atoms with Crippen molar-refractivity contribution >= 4 is 21.6 Å². The van der Waals surface area contributed by atoms with Gasteiger partial charge in [0.1, 0.15) is 11.9 Å². The third-order valence-corrected chi connectivity index (χ3v) is 9.01. The Morgan fingerprint density at radius 3 is 2.15 bits per heavy atom. The molecule has 0 aromatic heterocycles. The van der Waals surface area contributed by atoms with E-state index in [1.807, 2.05) is 0 Å². The molecule has 0 saturated heterocycles. The second-order valence-electron chi connectivity index (χ2n) is 10.5. The highest BCUT2D eigenvalue weighted by Gasteiger charge is 2.50. The van der Waals surface area contributed by atoms with Crippen LogP contribution in [0.3, 0.4) is 0 Å². The molecule has 1 amide bonds. The first-order chi connectivity index (χ1) is 21.5. The smallest absolute Gasteiger partial charge is 0.416 e. The number of hydrogen-bond acceptors (Lipinski definition) is 7. The normalized spacial score (nSPS) is 18.5. The number of benzene rings is 3. The molecule has 248 valence electrons. The largest absolute Gasteiger partial charge is 0.494 e. The van der Waals surface area contributed by atoms with Crippen LogP contribution >= 0.6 is 0 Å². The van der Waals surface area contributed by atoms with Gasteiger partial charge in [-0.2, -0.15) is 26.3 Å². The van der Waals surface area contributed by atoms with Gasteiger partial charge in [-0.05, 0) is 73.5 Å². The van der Waals surface area contributed by atoms with E-state index < -0.39 is 75.1 Å². The molecule has 15 heteroatoms. The zero-order chi connectivity index (χ0) is 33.8. The van der Waals surface area contributed by atoms with Crippen LogP contribution in [0, 0.1) is 0 Å². The molecule has 0 radical (unpaired) electrons. The third-order valence-electron chi connectivity index (χ3n) is 7.28. The van der Waals surface area contributed by atoms with Gasteiger partial charge in [-0.15, -0.1) is 0 Å². The summed E-state index contributed by atoms with van der Waals surface area (Å²) in [6.07, 6.45) is -11.3. The van der Waals surface area contributed by atoms with Crippen molar-refractivity contribution in [3.63, 3.8) is 0 Å². The zero-order valence-corrected chi connectivity index (χ0v) is 25.2. The molecular weight excluding hydrogens is 642 g/mol. The van der Waals surface area contributed by atoms with Gasteiger partial charge in [0, 0.05) is 25.1 Å². The van der Waals surface area contributed by atoms with Gasteiger partial charge in [0.05, 0.1) is 28.4 Å². The molecule has 2 N–H and O–H groups in total. The Kier molecular flexibility index (Phi) is 10.4. The van der Waals surface area contributed by atoms with Crippen molar-refractivity contribution in [1.82, 2.24) is 5.32 Å². The van der Waals surface area contributed by atoms with Gasteiger partial charge in [0.2, 0.25) is 5.90 Å². The minimum absolute atomic E-state index is 0.0123. The van der Waals surface area contributed by atoms with E-state index in [-0.39, 0.29) is 30.1 Å². The SMILES string of the molecule is C[C@H]1OC(c2ccc(OCCCO)cc2)=N[C@@]1(CCS(=O)(=O)c1ccccc1)C(=O)NCc1cc(C(F)(F)F)cc(C(F)(F)F)c1. The summed E-state index contributed by atoms with van der Waals surface area (Å²) in [5.74, 6) is -1.08. The van der Waals surface area contributed by atoms with Crippen molar-refractivity contribution in [2.24, 2.45) is 4.99 Å². The average Bonchev–Trinajstić information content (AvgIpc) is 3.36. The Morgan fingerprint density at radius 2 is 1.59 bits per heavy atom. The van der Waals surface area contributed by atoms with Crippen molar-refractivity contribution in [2.45, 2.75) is 55.2 Å². The Morgan fingerprint density at radius 1 is 0.978 bits per heavy atom. The Balaban J connectivity index is 1.66. The van der Waals surface area contributed by atoms with Crippen LogP contribution in [0.25, 0.3) is 0 Å². The average molecular weight is 673 g/mol. The van der Waals surface area contributed by atoms with Gasteiger partial charge in [0.15, 0.2) is 15.4 Å². The maximum atomic E-state index is 13.8. The fraction of sp³-hybridized carbons (Fsp3) is 0.355. The molecule has 0 unspecified atom stereocenters. The summed E-state index contributed by atoms with van der Waals surface area (Å²) in [5.41, 5.74) is -5.08. The number of aliphatic imine (C=N–C) groups is 1. The van der Waals surface area contributed by atoms with E-state index in [2.05, 4.69) is 10.3 Å². The molecule has 0 bridgehead atoms. The van der Waals surface area contributed by atoms with Crippen LogP contribution in [-0.4, -0.2) is 55.9 Å². The summed E-state index contributed by atoms with van der Waals surface area (Å²) in [4.78, 5) is 18.2. The van der Waals surface area contributed by atoms with Crippen LogP contribution in [-0.2, 0) is 38.3 Å². The van der Waals surface area contributed by atoms with E-state index in [9.17, 15) is 39.6 Å². The molecule has 0 aliphatic carbocycles. The molecule has 0 spiro atoms. The number of alkyl halides is 6. The number of aliphatic hydroxyl groups is 1. The number of hydrogen-bond donors (Lipinski definition) is 2. The van der Waals surface area contributed by atoms with Gasteiger partial charge in [0.25, 0.3) is 5.91 Å². The number of halogens is 6. The van der Waals surface area contributed by atoms with Crippen LogP contribution in [0.1, 0.15) is 42.0 Å². The number of sulfone groups is 1. The number of amides is 1. The molecule has 0 fully saturated rings. The Labute approximate surface area is 261 Å². The number of ether oxygens (including phenoxy) is 2. The first-order valence-electron chi connectivity index (χ1n) is 14.0. The first-order valence-corrected chi connectivity index (χ1v) is 15.7. The van der Waals surface area contributed by atoms with Crippen LogP contribution < -0.4 is 10.1 Å². The van der Waals surface area contributed by atoms with E-state index in [0.29, 0.717) is 29.9 Å². The number of nitrogens with zero attached hydrogens (tertiary/aromatic N) is 1. The summed E-state index contributed by atoms with van der Waals surface area (Å²) in [5, 5.41) is 11.3. The molecule has 8 nitrogen and oxygen atoms in total. The van der Waals surface area contributed by atoms with Gasteiger partial charge in [-0.3, -0.25) is 4.79 Å². The zero-order valence-electron chi connectivity index (χ0n) is 24.4. The second-order valence-corrected chi connectivity index (χ2v) is 12.6. The lowest BCUT2D eigenvalue weighted by Crippen LogP contribution is -2.51. The molecule has 0 saturated carbocycles. The highest BCUT2D eigenvalue weighted by atomic mass is 32.2. The minimum Gasteiger partial charge on any atom is -0.494 e. The second kappa shape index (κ2) is 13.7. The molecule has 4 rings (SSSR count). The fourth-order valence-corrected chi connectivity index (χ4v) is 6.13. The van der Waals surface area contributed by atoms with Crippen molar-refractivity contribution in [2.75, 3.05) is 19.0 Å². The van der Waals surface area contributed by atoms with E-state index in [4.69, 9.17) is 14.6 Å². The third kappa shape index (κ3) is 8.18.